The van der Waals surface area contributed by atoms with E-state index >= 15 is 0 Å². The van der Waals surface area contributed by atoms with Crippen molar-refractivity contribution in [2.24, 2.45) is 0 Å². The second-order valence-corrected chi connectivity index (χ2v) is 9.89. The summed E-state index contributed by atoms with van der Waals surface area (Å²) in [5.74, 6) is 0.438. The Balaban J connectivity index is 1.53. The molecule has 0 fully saturated rings. The molecule has 4 rings (SSSR count). The molecular formula is C21H21N3O4S2. The largest absolute Gasteiger partial charge is 0.497 e. The van der Waals surface area contributed by atoms with Gasteiger partial charge in [0.1, 0.15) is 5.75 Å². The van der Waals surface area contributed by atoms with E-state index in [0.717, 1.165) is 22.5 Å². The molecule has 2 aromatic carbocycles. The van der Waals surface area contributed by atoms with Gasteiger partial charge in [0.05, 0.1) is 24.7 Å². The number of nitrogens with one attached hydrogen (secondary N) is 1. The fourth-order valence-corrected chi connectivity index (χ4v) is 5.62. The van der Waals surface area contributed by atoms with Crippen molar-refractivity contribution >= 4 is 38.1 Å². The molecule has 9 heteroatoms. The maximum atomic E-state index is 12.4. The van der Waals surface area contributed by atoms with Gasteiger partial charge in [-0.25, -0.2) is 13.4 Å². The second kappa shape index (κ2) is 7.73. The van der Waals surface area contributed by atoms with E-state index in [1.54, 1.807) is 31.4 Å². The first-order chi connectivity index (χ1) is 14.3. The summed E-state index contributed by atoms with van der Waals surface area (Å²) in [5.41, 5.74) is 3.83. The molecule has 1 N–H and O–H groups in total. The fourth-order valence-electron chi connectivity index (χ4n) is 3.64. The van der Waals surface area contributed by atoms with Gasteiger partial charge in [0.25, 0.3) is 5.91 Å². The van der Waals surface area contributed by atoms with Crippen molar-refractivity contribution in [2.45, 2.75) is 19.4 Å². The van der Waals surface area contributed by atoms with E-state index in [1.807, 2.05) is 30.5 Å². The molecule has 2 heterocycles. The van der Waals surface area contributed by atoms with Crippen LogP contribution in [0.2, 0.25) is 0 Å². The van der Waals surface area contributed by atoms with Crippen molar-refractivity contribution in [2.75, 3.05) is 23.0 Å². The number of nitrogens with zero attached hydrogens (tertiary/aromatic N) is 2. The number of aromatic nitrogens is 1. The highest BCUT2D eigenvalue weighted by Gasteiger charge is 2.32. The predicted molar refractivity (Wildman–Crippen MR) is 119 cm³/mol. The minimum absolute atomic E-state index is 0.111. The minimum atomic E-state index is -3.32. The summed E-state index contributed by atoms with van der Waals surface area (Å²) in [6.45, 7) is 1.90. The quantitative estimate of drug-likeness (QED) is 0.648. The zero-order valence-electron chi connectivity index (χ0n) is 16.7. The molecule has 0 radical (unpaired) electrons. The number of ether oxygens (including phenoxy) is 1. The lowest BCUT2D eigenvalue weighted by atomic mass is 10.1. The summed E-state index contributed by atoms with van der Waals surface area (Å²) < 4.78 is 30.7. The number of carbonyl (C=O) groups is 1. The summed E-state index contributed by atoms with van der Waals surface area (Å²) in [7, 11) is -1.74. The molecule has 0 aliphatic carbocycles. The molecule has 1 aromatic heterocycles. The van der Waals surface area contributed by atoms with Crippen molar-refractivity contribution in [3.05, 3.63) is 59.0 Å². The molecule has 0 spiro atoms. The Kier molecular flexibility index (Phi) is 5.25. The lowest BCUT2D eigenvalue weighted by Crippen LogP contribution is -2.34. The zero-order chi connectivity index (χ0) is 21.5. The topological polar surface area (TPSA) is 88.6 Å². The summed E-state index contributed by atoms with van der Waals surface area (Å²) in [5, 5.41) is 5.18. The second-order valence-electron chi connectivity index (χ2n) is 7.18. The van der Waals surface area contributed by atoms with Gasteiger partial charge in [-0.15, -0.1) is 11.3 Å². The highest BCUT2D eigenvalue weighted by atomic mass is 32.2. The van der Waals surface area contributed by atoms with Crippen LogP contribution >= 0.6 is 11.3 Å². The monoisotopic (exact) mass is 443 g/mol. The molecule has 7 nitrogen and oxygen atoms in total. The molecule has 156 valence electrons. The van der Waals surface area contributed by atoms with Gasteiger partial charge in [-0.3, -0.25) is 14.4 Å². The van der Waals surface area contributed by atoms with Crippen LogP contribution in [0, 0.1) is 0 Å². The molecule has 0 saturated heterocycles. The van der Waals surface area contributed by atoms with E-state index in [2.05, 4.69) is 10.3 Å². The standard InChI is InChI=1S/C21H21N3O4S2/c1-13-10-16-11-15(6-9-19(16)24(13)30(3,26)27)18-12-29-21(22-18)23-20(25)14-4-7-17(28-2)8-5-14/h4-9,11-13H,10H2,1-3H3,(H,22,23,25). The minimum Gasteiger partial charge on any atom is -0.497 e. The molecule has 30 heavy (non-hydrogen) atoms. The van der Waals surface area contributed by atoms with Gasteiger partial charge in [0, 0.05) is 22.5 Å². The summed E-state index contributed by atoms with van der Waals surface area (Å²) in [4.78, 5) is 17.0. The number of fused-ring (bicyclic) bond motifs is 1. The average molecular weight is 444 g/mol. The van der Waals surface area contributed by atoms with E-state index < -0.39 is 10.0 Å². The van der Waals surface area contributed by atoms with Gasteiger partial charge in [-0.05, 0) is 55.3 Å². The average Bonchev–Trinajstić information content (AvgIpc) is 3.30. The van der Waals surface area contributed by atoms with Crippen molar-refractivity contribution in [1.82, 2.24) is 4.98 Å². The smallest absolute Gasteiger partial charge is 0.257 e. The van der Waals surface area contributed by atoms with Gasteiger partial charge in [-0.1, -0.05) is 6.07 Å². The Hall–Kier alpha value is -2.91. The number of amides is 1. The molecule has 0 saturated carbocycles. The number of hydrogen-bond donors (Lipinski definition) is 1. The Labute approximate surface area is 179 Å². The van der Waals surface area contributed by atoms with Gasteiger partial charge in [0.15, 0.2) is 5.13 Å². The molecule has 1 unspecified atom stereocenters. The van der Waals surface area contributed by atoms with Gasteiger partial charge >= 0.3 is 0 Å². The van der Waals surface area contributed by atoms with E-state index in [9.17, 15) is 13.2 Å². The van der Waals surface area contributed by atoms with Crippen molar-refractivity contribution in [3.63, 3.8) is 0 Å². The van der Waals surface area contributed by atoms with Crippen molar-refractivity contribution in [1.29, 1.82) is 0 Å². The fraction of sp³-hybridized carbons (Fsp3) is 0.238. The van der Waals surface area contributed by atoms with Crippen LogP contribution in [0.1, 0.15) is 22.8 Å². The highest BCUT2D eigenvalue weighted by molar-refractivity contribution is 7.92. The van der Waals surface area contributed by atoms with Crippen LogP contribution in [-0.2, 0) is 16.4 Å². The van der Waals surface area contributed by atoms with Crippen LogP contribution in [0.5, 0.6) is 5.75 Å². The molecule has 1 amide bonds. The summed E-state index contributed by atoms with van der Waals surface area (Å²) in [6.07, 6.45) is 1.88. The third-order valence-corrected chi connectivity index (χ3v) is 6.99. The number of rotatable bonds is 5. The van der Waals surface area contributed by atoms with Crippen molar-refractivity contribution < 1.29 is 17.9 Å². The normalized spacial score (nSPS) is 15.7. The number of benzene rings is 2. The highest BCUT2D eigenvalue weighted by Crippen LogP contribution is 2.37. The maximum absolute atomic E-state index is 12.4. The summed E-state index contributed by atoms with van der Waals surface area (Å²) in [6, 6.07) is 12.4. The van der Waals surface area contributed by atoms with Crippen LogP contribution in [-0.4, -0.2) is 38.7 Å². The lowest BCUT2D eigenvalue weighted by Gasteiger charge is -2.21. The number of hydrogen-bond acceptors (Lipinski definition) is 6. The van der Waals surface area contributed by atoms with E-state index in [0.29, 0.717) is 22.9 Å². The predicted octanol–water partition coefficient (Wildman–Crippen LogP) is 3.78. The van der Waals surface area contributed by atoms with Crippen LogP contribution < -0.4 is 14.4 Å². The lowest BCUT2D eigenvalue weighted by molar-refractivity contribution is 0.102. The third kappa shape index (κ3) is 3.90. The van der Waals surface area contributed by atoms with E-state index in [4.69, 9.17) is 4.74 Å². The Morgan fingerprint density at radius 1 is 1.23 bits per heavy atom. The van der Waals surface area contributed by atoms with Crippen LogP contribution in [0.15, 0.2) is 47.8 Å². The van der Waals surface area contributed by atoms with Gasteiger partial charge in [-0.2, -0.15) is 0 Å². The molecular weight excluding hydrogens is 422 g/mol. The summed E-state index contributed by atoms with van der Waals surface area (Å²) >= 11 is 1.34. The Bertz CT molecular complexity index is 1200. The van der Waals surface area contributed by atoms with Crippen LogP contribution in [0.4, 0.5) is 10.8 Å². The van der Waals surface area contributed by atoms with Crippen LogP contribution in [0.3, 0.4) is 0 Å². The number of anilines is 2. The Morgan fingerprint density at radius 2 is 1.97 bits per heavy atom. The zero-order valence-corrected chi connectivity index (χ0v) is 18.4. The molecule has 3 aromatic rings. The molecule has 0 bridgehead atoms. The first-order valence-electron chi connectivity index (χ1n) is 9.30. The Morgan fingerprint density at radius 3 is 2.63 bits per heavy atom. The van der Waals surface area contributed by atoms with E-state index in [1.165, 1.54) is 21.9 Å². The maximum Gasteiger partial charge on any atom is 0.257 e. The van der Waals surface area contributed by atoms with Gasteiger partial charge in [0.2, 0.25) is 10.0 Å². The molecule has 1 aliphatic heterocycles. The van der Waals surface area contributed by atoms with Crippen LogP contribution in [0.25, 0.3) is 11.3 Å². The number of sulfonamides is 1. The van der Waals surface area contributed by atoms with Crippen molar-refractivity contribution in [3.8, 4) is 17.0 Å². The molecule has 1 atom stereocenters. The van der Waals surface area contributed by atoms with E-state index in [-0.39, 0.29) is 11.9 Å². The SMILES string of the molecule is COc1ccc(C(=O)Nc2nc(-c3ccc4c(c3)CC(C)N4S(C)(=O)=O)cs2)cc1. The third-order valence-electron chi connectivity index (χ3n) is 4.96. The number of carbonyl (C=O) groups excluding carboxylic acids is 1. The van der Waals surface area contributed by atoms with Gasteiger partial charge < -0.3 is 4.74 Å². The number of methoxy groups -OCH3 is 1. The first kappa shape index (κ1) is 20.4. The number of thiazole rings is 1. The first-order valence-corrected chi connectivity index (χ1v) is 12.0. The molecule has 1 aliphatic rings.